The molecule has 0 saturated carbocycles. The number of anilines is 1. The van der Waals surface area contributed by atoms with Gasteiger partial charge in [-0.05, 0) is 48.0 Å². The first-order valence-corrected chi connectivity index (χ1v) is 12.0. The maximum absolute atomic E-state index is 13.8. The summed E-state index contributed by atoms with van der Waals surface area (Å²) >= 11 is 6.25. The van der Waals surface area contributed by atoms with Crippen molar-refractivity contribution in [3.05, 3.63) is 83.1 Å². The van der Waals surface area contributed by atoms with Crippen molar-refractivity contribution in [2.45, 2.75) is 17.8 Å². The van der Waals surface area contributed by atoms with Crippen LogP contribution in [0.5, 0.6) is 5.75 Å². The number of aromatic carboxylic acids is 1. The molecule has 36 heavy (non-hydrogen) atoms. The number of rotatable bonds is 7. The highest BCUT2D eigenvalue weighted by atomic mass is 35.5. The lowest BCUT2D eigenvalue weighted by Crippen LogP contribution is -2.32. The number of pyridine rings is 1. The first-order chi connectivity index (χ1) is 16.9. The van der Waals surface area contributed by atoms with E-state index in [1.807, 2.05) is 0 Å². The van der Waals surface area contributed by atoms with Gasteiger partial charge in [-0.2, -0.15) is 0 Å². The van der Waals surface area contributed by atoms with Crippen LogP contribution in [0.3, 0.4) is 0 Å². The molecular formula is C23H17ClF3N3O5S. The van der Waals surface area contributed by atoms with Crippen LogP contribution in [0.4, 0.5) is 19.0 Å². The molecule has 2 heterocycles. The summed E-state index contributed by atoms with van der Waals surface area (Å²) in [7, 11) is -2.64. The van der Waals surface area contributed by atoms with Crippen LogP contribution < -0.4 is 9.04 Å². The van der Waals surface area contributed by atoms with Crippen molar-refractivity contribution in [3.63, 3.8) is 0 Å². The van der Waals surface area contributed by atoms with Gasteiger partial charge in [0.15, 0.2) is 5.82 Å². The molecule has 0 radical (unpaired) electrons. The van der Waals surface area contributed by atoms with Gasteiger partial charge in [-0.25, -0.2) is 22.5 Å². The largest absolute Gasteiger partial charge is 0.573 e. The first kappa shape index (κ1) is 25.3. The smallest absolute Gasteiger partial charge is 0.478 e. The lowest BCUT2D eigenvalue weighted by molar-refractivity contribution is -0.274. The third kappa shape index (κ3) is 5.09. The van der Waals surface area contributed by atoms with Gasteiger partial charge in [-0.15, -0.1) is 13.2 Å². The Hall–Kier alpha value is -3.77. The van der Waals surface area contributed by atoms with E-state index in [0.29, 0.717) is 21.5 Å². The second-order valence-electron chi connectivity index (χ2n) is 7.65. The minimum absolute atomic E-state index is 0.0276. The predicted octanol–water partition coefficient (Wildman–Crippen LogP) is 5.22. The van der Waals surface area contributed by atoms with E-state index in [1.165, 1.54) is 18.3 Å². The van der Waals surface area contributed by atoms with E-state index in [1.54, 1.807) is 23.9 Å². The van der Waals surface area contributed by atoms with Crippen LogP contribution in [0.15, 0.2) is 71.9 Å². The number of carboxylic acid groups (broad SMARTS) is 1. The number of ether oxygens (including phenoxy) is 1. The van der Waals surface area contributed by atoms with Gasteiger partial charge in [0.2, 0.25) is 0 Å². The molecular weight excluding hydrogens is 523 g/mol. The van der Waals surface area contributed by atoms with Gasteiger partial charge in [-0.3, -0.25) is 0 Å². The van der Waals surface area contributed by atoms with Crippen molar-refractivity contribution in [1.82, 2.24) is 9.55 Å². The van der Waals surface area contributed by atoms with E-state index in [-0.39, 0.29) is 22.8 Å². The molecule has 2 aromatic heterocycles. The summed E-state index contributed by atoms with van der Waals surface area (Å²) in [5.74, 6) is -1.65. The minimum atomic E-state index is -4.87. The van der Waals surface area contributed by atoms with Gasteiger partial charge in [0.25, 0.3) is 10.0 Å². The zero-order chi connectivity index (χ0) is 26.3. The summed E-state index contributed by atoms with van der Waals surface area (Å²) in [5, 5.41) is 9.98. The number of benzene rings is 2. The van der Waals surface area contributed by atoms with Crippen molar-refractivity contribution >= 4 is 44.3 Å². The van der Waals surface area contributed by atoms with E-state index in [4.69, 9.17) is 16.7 Å². The fourth-order valence-corrected chi connectivity index (χ4v) is 5.18. The number of hydrogen-bond acceptors (Lipinski definition) is 5. The van der Waals surface area contributed by atoms with Crippen LogP contribution >= 0.6 is 11.6 Å². The number of alkyl halides is 3. The highest BCUT2D eigenvalue weighted by Crippen LogP contribution is 2.34. The van der Waals surface area contributed by atoms with Crippen molar-refractivity contribution in [2.75, 3.05) is 4.31 Å². The summed E-state index contributed by atoms with van der Waals surface area (Å²) in [5.41, 5.74) is 0.648. The Balaban J connectivity index is 1.82. The molecule has 0 aliphatic carbocycles. The quantitative estimate of drug-likeness (QED) is 0.345. The fourth-order valence-electron chi connectivity index (χ4n) is 3.56. The molecule has 0 fully saturated rings. The van der Waals surface area contributed by atoms with Crippen LogP contribution in [-0.2, 0) is 23.6 Å². The molecule has 13 heteroatoms. The number of sulfonamides is 1. The fraction of sp³-hybridized carbons (Fsp3) is 0.130. The molecule has 0 amide bonds. The highest BCUT2D eigenvalue weighted by Gasteiger charge is 2.32. The molecule has 0 aliphatic rings. The average Bonchev–Trinajstić information content (AvgIpc) is 3.21. The third-order valence-electron chi connectivity index (χ3n) is 5.25. The van der Waals surface area contributed by atoms with Crippen molar-refractivity contribution < 1.29 is 36.2 Å². The highest BCUT2D eigenvalue weighted by molar-refractivity contribution is 7.92. The molecule has 188 valence electrons. The number of carbonyl (C=O) groups is 1. The third-order valence-corrected chi connectivity index (χ3v) is 7.30. The number of hydrogen-bond donors (Lipinski definition) is 1. The molecule has 0 aliphatic heterocycles. The molecule has 1 N–H and O–H groups in total. The molecule has 4 aromatic rings. The van der Waals surface area contributed by atoms with E-state index in [9.17, 15) is 26.4 Å². The number of aromatic nitrogens is 2. The number of aryl methyl sites for hydroxylation is 1. The summed E-state index contributed by atoms with van der Waals surface area (Å²) < 4.78 is 71.6. The van der Waals surface area contributed by atoms with Gasteiger partial charge in [0.1, 0.15) is 5.75 Å². The second kappa shape index (κ2) is 9.36. The van der Waals surface area contributed by atoms with E-state index in [0.717, 1.165) is 40.7 Å². The van der Waals surface area contributed by atoms with Crippen LogP contribution in [-0.4, -0.2) is 35.4 Å². The monoisotopic (exact) mass is 539 g/mol. The average molecular weight is 540 g/mol. The van der Waals surface area contributed by atoms with Gasteiger partial charge in [-0.1, -0.05) is 23.7 Å². The Morgan fingerprint density at radius 3 is 2.33 bits per heavy atom. The molecule has 0 unspecified atom stereocenters. The molecule has 0 atom stereocenters. The summed E-state index contributed by atoms with van der Waals surface area (Å²) in [4.78, 5) is 15.3. The van der Waals surface area contributed by atoms with Gasteiger partial charge in [0.05, 0.1) is 27.5 Å². The molecule has 0 bridgehead atoms. The predicted molar refractivity (Wildman–Crippen MR) is 126 cm³/mol. The normalized spacial score (nSPS) is 12.0. The summed E-state index contributed by atoms with van der Waals surface area (Å²) in [6.07, 6.45) is -1.89. The molecule has 2 aromatic carbocycles. The maximum atomic E-state index is 13.8. The van der Waals surface area contributed by atoms with E-state index in [2.05, 4.69) is 9.72 Å². The van der Waals surface area contributed by atoms with E-state index >= 15 is 0 Å². The topological polar surface area (TPSA) is 102 Å². The SMILES string of the molecule is Cn1ccc2c(Cl)cnc(N(Cc3ccc(OC(F)(F)F)cc3)S(=O)(=O)c3ccc(C(=O)O)cc3)c21. The Bertz CT molecular complexity index is 1540. The van der Waals surface area contributed by atoms with Crippen LogP contribution in [0.1, 0.15) is 15.9 Å². The minimum Gasteiger partial charge on any atom is -0.478 e. The van der Waals surface area contributed by atoms with Crippen LogP contribution in [0.25, 0.3) is 10.9 Å². The molecule has 4 rings (SSSR count). The second-order valence-corrected chi connectivity index (χ2v) is 9.92. The Kier molecular flexibility index (Phi) is 6.58. The lowest BCUT2D eigenvalue weighted by atomic mass is 10.2. The van der Waals surface area contributed by atoms with Crippen LogP contribution in [0, 0.1) is 0 Å². The Morgan fingerprint density at radius 2 is 1.75 bits per heavy atom. The Labute approximate surface area is 208 Å². The van der Waals surface area contributed by atoms with Gasteiger partial charge >= 0.3 is 12.3 Å². The Morgan fingerprint density at radius 1 is 1.11 bits per heavy atom. The van der Waals surface area contributed by atoms with Crippen LogP contribution in [0.2, 0.25) is 5.02 Å². The standard InChI is InChI=1S/C23H17ClF3N3O5S/c1-29-11-10-18-19(24)12-28-21(20(18)29)30(13-14-2-6-16(7-3-14)35-23(25,26)27)36(33,34)17-8-4-15(5-9-17)22(31)32/h2-12H,13H2,1H3,(H,31,32). The first-order valence-electron chi connectivity index (χ1n) is 10.2. The number of halogens is 4. The number of fused-ring (bicyclic) bond motifs is 1. The molecule has 0 saturated heterocycles. The van der Waals surface area contributed by atoms with E-state index < -0.39 is 28.1 Å². The summed E-state index contributed by atoms with van der Waals surface area (Å²) in [6, 6.07) is 11.1. The zero-order valence-corrected chi connectivity index (χ0v) is 20.0. The van der Waals surface area contributed by atoms with Crippen molar-refractivity contribution in [1.29, 1.82) is 0 Å². The number of carboxylic acids is 1. The lowest BCUT2D eigenvalue weighted by Gasteiger charge is -2.25. The van der Waals surface area contributed by atoms with Crippen molar-refractivity contribution in [3.8, 4) is 5.75 Å². The molecule has 0 spiro atoms. The zero-order valence-electron chi connectivity index (χ0n) is 18.4. The maximum Gasteiger partial charge on any atom is 0.573 e. The van der Waals surface area contributed by atoms with Gasteiger partial charge in [0, 0.05) is 24.8 Å². The van der Waals surface area contributed by atoms with Gasteiger partial charge < -0.3 is 14.4 Å². The van der Waals surface area contributed by atoms with Crippen molar-refractivity contribution in [2.24, 2.45) is 7.05 Å². The molecule has 8 nitrogen and oxygen atoms in total. The summed E-state index contributed by atoms with van der Waals surface area (Å²) in [6.45, 7) is -0.301. The number of nitrogens with zero attached hydrogens (tertiary/aromatic N) is 3.